The normalized spacial score (nSPS) is 25.6. The van der Waals surface area contributed by atoms with Gasteiger partial charge in [0, 0.05) is 38.1 Å². The van der Waals surface area contributed by atoms with E-state index >= 15 is 0 Å². The standard InChI is InChI=1S/C11H18N2O/c12-5-1-2-6-13-9-11(10-13)3-7-14-8-4-11/h1-4,6-10H2. The number of nitrogens with zero attached hydrogens (tertiary/aromatic N) is 2. The van der Waals surface area contributed by atoms with Gasteiger partial charge in [0.05, 0.1) is 6.07 Å². The van der Waals surface area contributed by atoms with Crippen LogP contribution in [0.25, 0.3) is 0 Å². The highest BCUT2D eigenvalue weighted by atomic mass is 16.5. The Hall–Kier alpha value is -0.590. The summed E-state index contributed by atoms with van der Waals surface area (Å²) in [6, 6.07) is 2.20. The molecular weight excluding hydrogens is 176 g/mol. The molecule has 0 N–H and O–H groups in total. The third-order valence-electron chi connectivity index (χ3n) is 3.43. The fraction of sp³-hybridized carbons (Fsp3) is 0.909. The summed E-state index contributed by atoms with van der Waals surface area (Å²) in [5, 5.41) is 8.43. The van der Waals surface area contributed by atoms with E-state index in [1.54, 1.807) is 0 Å². The topological polar surface area (TPSA) is 36.3 Å². The third-order valence-corrected chi connectivity index (χ3v) is 3.43. The van der Waals surface area contributed by atoms with E-state index in [-0.39, 0.29) is 0 Å². The zero-order valence-electron chi connectivity index (χ0n) is 8.67. The summed E-state index contributed by atoms with van der Waals surface area (Å²) in [7, 11) is 0. The van der Waals surface area contributed by atoms with Crippen molar-refractivity contribution in [1.82, 2.24) is 4.90 Å². The Morgan fingerprint density at radius 1 is 1.29 bits per heavy atom. The molecule has 2 rings (SSSR count). The fourth-order valence-electron chi connectivity index (χ4n) is 2.56. The second kappa shape index (κ2) is 4.29. The van der Waals surface area contributed by atoms with E-state index in [4.69, 9.17) is 10.00 Å². The van der Waals surface area contributed by atoms with Crippen LogP contribution in [0.3, 0.4) is 0 Å². The molecule has 0 radical (unpaired) electrons. The molecule has 0 aromatic heterocycles. The second-order valence-electron chi connectivity index (χ2n) is 4.58. The summed E-state index contributed by atoms with van der Waals surface area (Å²) in [6.45, 7) is 5.48. The highest BCUT2D eigenvalue weighted by molar-refractivity contribution is 4.96. The van der Waals surface area contributed by atoms with Gasteiger partial charge in [0.2, 0.25) is 0 Å². The van der Waals surface area contributed by atoms with E-state index in [9.17, 15) is 0 Å². The molecule has 3 heteroatoms. The van der Waals surface area contributed by atoms with Crippen molar-refractivity contribution < 1.29 is 4.74 Å². The van der Waals surface area contributed by atoms with Gasteiger partial charge in [0.1, 0.15) is 0 Å². The first-order valence-electron chi connectivity index (χ1n) is 5.52. The molecule has 0 saturated carbocycles. The maximum absolute atomic E-state index is 8.43. The van der Waals surface area contributed by atoms with E-state index in [2.05, 4.69) is 11.0 Å². The van der Waals surface area contributed by atoms with Gasteiger partial charge in [-0.3, -0.25) is 0 Å². The predicted molar refractivity (Wildman–Crippen MR) is 53.8 cm³/mol. The molecule has 3 nitrogen and oxygen atoms in total. The smallest absolute Gasteiger partial charge is 0.0622 e. The number of ether oxygens (including phenoxy) is 1. The van der Waals surface area contributed by atoms with Crippen LogP contribution in [-0.4, -0.2) is 37.7 Å². The largest absolute Gasteiger partial charge is 0.381 e. The van der Waals surface area contributed by atoms with Crippen molar-refractivity contribution in [2.24, 2.45) is 5.41 Å². The van der Waals surface area contributed by atoms with Crippen LogP contribution in [-0.2, 0) is 4.74 Å². The number of hydrogen-bond donors (Lipinski definition) is 0. The number of hydrogen-bond acceptors (Lipinski definition) is 3. The minimum absolute atomic E-state index is 0.588. The van der Waals surface area contributed by atoms with Crippen molar-refractivity contribution in [2.75, 3.05) is 32.8 Å². The predicted octanol–water partition coefficient (Wildman–Crippen LogP) is 1.40. The Balaban J connectivity index is 1.65. The summed E-state index contributed by atoms with van der Waals surface area (Å²) < 4.78 is 5.37. The summed E-state index contributed by atoms with van der Waals surface area (Å²) in [4.78, 5) is 2.47. The maximum Gasteiger partial charge on any atom is 0.0622 e. The molecular formula is C11H18N2O. The minimum Gasteiger partial charge on any atom is -0.381 e. The number of nitriles is 1. The van der Waals surface area contributed by atoms with Crippen molar-refractivity contribution in [1.29, 1.82) is 5.26 Å². The number of likely N-dealkylation sites (tertiary alicyclic amines) is 1. The van der Waals surface area contributed by atoms with Gasteiger partial charge in [0.25, 0.3) is 0 Å². The van der Waals surface area contributed by atoms with E-state index in [1.165, 1.54) is 25.9 Å². The van der Waals surface area contributed by atoms with Crippen LogP contribution in [0.1, 0.15) is 25.7 Å². The molecule has 14 heavy (non-hydrogen) atoms. The van der Waals surface area contributed by atoms with E-state index in [1.807, 2.05) is 0 Å². The van der Waals surface area contributed by atoms with Gasteiger partial charge in [-0.15, -0.1) is 0 Å². The van der Waals surface area contributed by atoms with Crippen LogP contribution in [0.15, 0.2) is 0 Å². The molecule has 0 aromatic rings. The van der Waals surface area contributed by atoms with Crippen LogP contribution in [0.2, 0.25) is 0 Å². The van der Waals surface area contributed by atoms with Crippen LogP contribution in [0.5, 0.6) is 0 Å². The fourth-order valence-corrected chi connectivity index (χ4v) is 2.56. The monoisotopic (exact) mass is 194 g/mol. The molecule has 2 aliphatic rings. The minimum atomic E-state index is 0.588. The van der Waals surface area contributed by atoms with E-state index < -0.39 is 0 Å². The molecule has 2 heterocycles. The van der Waals surface area contributed by atoms with Gasteiger partial charge in [-0.25, -0.2) is 0 Å². The van der Waals surface area contributed by atoms with Crippen molar-refractivity contribution in [3.8, 4) is 6.07 Å². The lowest BCUT2D eigenvalue weighted by Gasteiger charge is -2.52. The van der Waals surface area contributed by atoms with Crippen molar-refractivity contribution >= 4 is 0 Å². The van der Waals surface area contributed by atoms with Gasteiger partial charge in [0.15, 0.2) is 0 Å². The van der Waals surface area contributed by atoms with E-state index in [0.717, 1.165) is 26.2 Å². The van der Waals surface area contributed by atoms with Gasteiger partial charge < -0.3 is 9.64 Å². The highest BCUT2D eigenvalue weighted by Gasteiger charge is 2.43. The van der Waals surface area contributed by atoms with Gasteiger partial charge in [-0.05, 0) is 25.8 Å². The van der Waals surface area contributed by atoms with Gasteiger partial charge in [-0.2, -0.15) is 5.26 Å². The maximum atomic E-state index is 8.43. The molecule has 78 valence electrons. The first-order valence-corrected chi connectivity index (χ1v) is 5.52. The summed E-state index contributed by atoms with van der Waals surface area (Å²) in [5.74, 6) is 0. The van der Waals surface area contributed by atoms with Crippen molar-refractivity contribution in [3.05, 3.63) is 0 Å². The van der Waals surface area contributed by atoms with Gasteiger partial charge in [-0.1, -0.05) is 0 Å². The lowest BCUT2D eigenvalue weighted by atomic mass is 9.73. The highest BCUT2D eigenvalue weighted by Crippen LogP contribution is 2.39. The summed E-state index contributed by atoms with van der Waals surface area (Å²) >= 11 is 0. The molecule has 2 aliphatic heterocycles. The zero-order valence-corrected chi connectivity index (χ0v) is 8.67. The van der Waals surface area contributed by atoms with Crippen molar-refractivity contribution in [3.63, 3.8) is 0 Å². The molecule has 0 aliphatic carbocycles. The van der Waals surface area contributed by atoms with Crippen LogP contribution < -0.4 is 0 Å². The van der Waals surface area contributed by atoms with Crippen LogP contribution in [0.4, 0.5) is 0 Å². The van der Waals surface area contributed by atoms with Crippen LogP contribution in [0, 0.1) is 16.7 Å². The second-order valence-corrected chi connectivity index (χ2v) is 4.58. The molecule has 1 spiro atoms. The van der Waals surface area contributed by atoms with Crippen molar-refractivity contribution in [2.45, 2.75) is 25.7 Å². The molecule has 2 fully saturated rings. The molecule has 0 amide bonds. The summed E-state index contributed by atoms with van der Waals surface area (Å²) in [6.07, 6.45) is 4.21. The first kappa shape index (κ1) is 9.95. The average Bonchev–Trinajstić information content (AvgIpc) is 2.17. The molecule has 0 unspecified atom stereocenters. The Morgan fingerprint density at radius 3 is 2.64 bits per heavy atom. The summed E-state index contributed by atoms with van der Waals surface area (Å²) in [5.41, 5.74) is 0.588. The Morgan fingerprint density at radius 2 is 2.00 bits per heavy atom. The molecule has 0 aromatic carbocycles. The molecule has 0 bridgehead atoms. The Labute approximate surface area is 85.6 Å². The lowest BCUT2D eigenvalue weighted by molar-refractivity contribution is -0.0803. The number of unbranched alkanes of at least 4 members (excludes halogenated alkanes) is 1. The quantitative estimate of drug-likeness (QED) is 0.637. The van der Waals surface area contributed by atoms with Crippen LogP contribution >= 0.6 is 0 Å². The van der Waals surface area contributed by atoms with E-state index in [0.29, 0.717) is 11.8 Å². The molecule has 2 saturated heterocycles. The number of rotatable bonds is 3. The lowest BCUT2D eigenvalue weighted by Crippen LogP contribution is -2.58. The Bertz CT molecular complexity index is 220. The first-order chi connectivity index (χ1) is 6.85. The zero-order chi connectivity index (χ0) is 9.86. The average molecular weight is 194 g/mol. The Kier molecular flexibility index (Phi) is 3.05. The third kappa shape index (κ3) is 2.08. The van der Waals surface area contributed by atoms with Gasteiger partial charge >= 0.3 is 0 Å². The SMILES string of the molecule is N#CCCCN1CC2(CCOCC2)C1. The molecule has 0 atom stereocenters.